The number of amides is 2. The highest BCUT2D eigenvalue weighted by Gasteiger charge is 2.30. The first-order valence-electron chi connectivity index (χ1n) is 4.81. The van der Waals surface area contributed by atoms with Gasteiger partial charge in [0.2, 0.25) is 0 Å². The molecule has 0 spiro atoms. The van der Waals surface area contributed by atoms with Crippen LogP contribution in [0.25, 0.3) is 0 Å². The Labute approximate surface area is 89.0 Å². The maximum atomic E-state index is 10.8. The molecule has 0 aromatic rings. The molecule has 15 heavy (non-hydrogen) atoms. The average molecular weight is 219 g/mol. The van der Waals surface area contributed by atoms with E-state index in [1.165, 1.54) is 0 Å². The number of hydrogen-bond acceptors (Lipinski definition) is 5. The molecule has 0 bridgehead atoms. The van der Waals surface area contributed by atoms with Gasteiger partial charge in [0.05, 0.1) is 6.61 Å². The lowest BCUT2D eigenvalue weighted by molar-refractivity contribution is -0.391. The largest absolute Gasteiger partial charge is 0.385 e. The van der Waals surface area contributed by atoms with Crippen LogP contribution in [0.4, 0.5) is 0 Å². The monoisotopic (exact) mass is 219 g/mol. The molecule has 1 heterocycles. The summed E-state index contributed by atoms with van der Waals surface area (Å²) in [5, 5.41) is 0.656. The summed E-state index contributed by atoms with van der Waals surface area (Å²) in [6, 6.07) is 0. The first-order chi connectivity index (χ1) is 7.17. The molecule has 1 fully saturated rings. The van der Waals surface area contributed by atoms with E-state index in [9.17, 15) is 9.59 Å². The van der Waals surface area contributed by atoms with Crippen LogP contribution in [-0.4, -0.2) is 37.2 Å². The Balaban J connectivity index is 0.000000423. The van der Waals surface area contributed by atoms with Gasteiger partial charge in [-0.3, -0.25) is 9.59 Å². The Hall–Kier alpha value is -0.980. The molecule has 0 radical (unpaired) electrons. The van der Waals surface area contributed by atoms with Crippen molar-refractivity contribution in [3.05, 3.63) is 0 Å². The van der Waals surface area contributed by atoms with Gasteiger partial charge in [0.1, 0.15) is 0 Å². The molecule has 0 unspecified atom stereocenters. The van der Waals surface area contributed by atoms with E-state index in [0.29, 0.717) is 11.7 Å². The maximum Gasteiger partial charge on any atom is 0.256 e. The van der Waals surface area contributed by atoms with Crippen molar-refractivity contribution in [3.8, 4) is 0 Å². The van der Waals surface area contributed by atoms with Gasteiger partial charge in [-0.15, -0.1) is 10.1 Å². The number of nitrogens with zero attached hydrogens (tertiary/aromatic N) is 1. The van der Waals surface area contributed by atoms with E-state index in [1.807, 2.05) is 6.92 Å². The summed E-state index contributed by atoms with van der Waals surface area (Å²) in [6.45, 7) is 4.78. The first kappa shape index (κ1) is 14.0. The number of hydrogen-bond donors (Lipinski definition) is 0. The number of methoxy groups -OCH3 is 1. The lowest BCUT2D eigenvalue weighted by Gasteiger charge is -2.09. The second kappa shape index (κ2) is 8.34. The van der Waals surface area contributed by atoms with Crippen LogP contribution in [0.5, 0.6) is 0 Å². The second-order valence-corrected chi connectivity index (χ2v) is 2.64. The second-order valence-electron chi connectivity index (χ2n) is 2.64. The van der Waals surface area contributed by atoms with Crippen LogP contribution < -0.4 is 0 Å². The van der Waals surface area contributed by atoms with Crippen molar-refractivity contribution in [1.29, 1.82) is 0 Å². The molecule has 0 aliphatic carbocycles. The third-order valence-electron chi connectivity index (χ3n) is 1.54. The van der Waals surface area contributed by atoms with Crippen molar-refractivity contribution in [3.63, 3.8) is 0 Å². The molecule has 1 aliphatic rings. The molecular formula is C9H17NO5. The van der Waals surface area contributed by atoms with Crippen LogP contribution >= 0.6 is 0 Å². The number of rotatable bonds is 4. The molecule has 0 saturated carbocycles. The fraction of sp³-hybridized carbons (Fsp3) is 0.778. The van der Waals surface area contributed by atoms with Crippen molar-refractivity contribution in [2.45, 2.75) is 26.7 Å². The van der Waals surface area contributed by atoms with Crippen LogP contribution in [0.1, 0.15) is 26.7 Å². The fourth-order valence-electron chi connectivity index (χ4n) is 0.745. The molecular weight excluding hydrogens is 202 g/mol. The Morgan fingerprint density at radius 1 is 1.13 bits per heavy atom. The SMILES string of the molecule is CCOC.CCOON1C(=O)CCC1=O. The van der Waals surface area contributed by atoms with E-state index in [-0.39, 0.29) is 24.7 Å². The highest BCUT2D eigenvalue weighted by molar-refractivity contribution is 6.00. The molecule has 6 nitrogen and oxygen atoms in total. The minimum absolute atomic E-state index is 0.214. The molecule has 1 aliphatic heterocycles. The van der Waals surface area contributed by atoms with Crippen molar-refractivity contribution >= 4 is 11.8 Å². The Morgan fingerprint density at radius 2 is 1.60 bits per heavy atom. The van der Waals surface area contributed by atoms with Gasteiger partial charge in [-0.25, -0.2) is 4.89 Å². The van der Waals surface area contributed by atoms with E-state index < -0.39 is 0 Å². The number of ether oxygens (including phenoxy) is 1. The molecule has 0 N–H and O–H groups in total. The lowest BCUT2D eigenvalue weighted by atomic mass is 10.4. The van der Waals surface area contributed by atoms with Gasteiger partial charge >= 0.3 is 0 Å². The molecule has 0 atom stereocenters. The van der Waals surface area contributed by atoms with E-state index >= 15 is 0 Å². The summed E-state index contributed by atoms with van der Waals surface area (Å²) in [6.07, 6.45) is 0.428. The minimum atomic E-state index is -0.344. The zero-order valence-corrected chi connectivity index (χ0v) is 9.32. The van der Waals surface area contributed by atoms with E-state index in [0.717, 1.165) is 6.61 Å². The van der Waals surface area contributed by atoms with Gasteiger partial charge in [0.25, 0.3) is 11.8 Å². The summed E-state index contributed by atoms with van der Waals surface area (Å²) in [5.74, 6) is -0.688. The molecule has 0 aromatic heterocycles. The Bertz CT molecular complexity index is 189. The number of carbonyl (C=O) groups is 2. The van der Waals surface area contributed by atoms with Crippen LogP contribution in [0, 0.1) is 0 Å². The summed E-state index contributed by atoms with van der Waals surface area (Å²) < 4.78 is 4.54. The summed E-state index contributed by atoms with van der Waals surface area (Å²) in [4.78, 5) is 30.4. The maximum absolute atomic E-state index is 10.8. The van der Waals surface area contributed by atoms with Crippen molar-refractivity contribution in [2.24, 2.45) is 0 Å². The van der Waals surface area contributed by atoms with Crippen molar-refractivity contribution in [2.75, 3.05) is 20.3 Å². The van der Waals surface area contributed by atoms with E-state index in [2.05, 4.69) is 14.6 Å². The van der Waals surface area contributed by atoms with Crippen LogP contribution in [0.2, 0.25) is 0 Å². The molecule has 1 rings (SSSR count). The smallest absolute Gasteiger partial charge is 0.256 e. The summed E-state index contributed by atoms with van der Waals surface area (Å²) in [5.41, 5.74) is 0. The van der Waals surface area contributed by atoms with Gasteiger partial charge in [0, 0.05) is 26.6 Å². The van der Waals surface area contributed by atoms with Gasteiger partial charge in [-0.05, 0) is 13.8 Å². The highest BCUT2D eigenvalue weighted by atomic mass is 17.3. The van der Waals surface area contributed by atoms with Crippen LogP contribution in [0.3, 0.4) is 0 Å². The third kappa shape index (κ3) is 5.46. The molecule has 0 aromatic carbocycles. The van der Waals surface area contributed by atoms with Crippen molar-refractivity contribution < 1.29 is 24.2 Å². The zero-order chi connectivity index (χ0) is 11.7. The van der Waals surface area contributed by atoms with Gasteiger partial charge < -0.3 is 4.74 Å². The van der Waals surface area contributed by atoms with E-state index in [1.54, 1.807) is 14.0 Å². The normalized spacial score (nSPS) is 15.3. The number of imide groups is 1. The fourth-order valence-corrected chi connectivity index (χ4v) is 0.745. The van der Waals surface area contributed by atoms with Crippen LogP contribution in [-0.2, 0) is 24.2 Å². The summed E-state index contributed by atoms with van der Waals surface area (Å²) >= 11 is 0. The highest BCUT2D eigenvalue weighted by Crippen LogP contribution is 2.11. The zero-order valence-electron chi connectivity index (χ0n) is 9.32. The quantitative estimate of drug-likeness (QED) is 0.395. The van der Waals surface area contributed by atoms with Gasteiger partial charge in [-0.2, -0.15) is 0 Å². The van der Waals surface area contributed by atoms with Gasteiger partial charge in [-0.1, -0.05) is 0 Å². The molecule has 2 amide bonds. The lowest BCUT2D eigenvalue weighted by Crippen LogP contribution is -2.29. The predicted molar refractivity (Wildman–Crippen MR) is 51.3 cm³/mol. The number of hydroxylamine groups is 2. The molecule has 88 valence electrons. The topological polar surface area (TPSA) is 65.1 Å². The van der Waals surface area contributed by atoms with Crippen LogP contribution in [0.15, 0.2) is 0 Å². The Morgan fingerprint density at radius 3 is 1.93 bits per heavy atom. The molecule has 6 heteroatoms. The third-order valence-corrected chi connectivity index (χ3v) is 1.54. The first-order valence-corrected chi connectivity index (χ1v) is 4.81. The molecule has 1 saturated heterocycles. The van der Waals surface area contributed by atoms with Crippen molar-refractivity contribution in [1.82, 2.24) is 5.06 Å². The summed E-state index contributed by atoms with van der Waals surface area (Å²) in [7, 11) is 1.68. The number of carbonyl (C=O) groups excluding carboxylic acids is 2. The predicted octanol–water partition coefficient (Wildman–Crippen LogP) is 0.671. The average Bonchev–Trinajstić information content (AvgIpc) is 2.57. The standard InChI is InChI=1S/C6H9NO4.C3H8O/c1-2-10-11-7-5(8)3-4-6(7)9;1-3-4-2/h2-4H2,1H3;3H2,1-2H3. The van der Waals surface area contributed by atoms with E-state index in [4.69, 9.17) is 0 Å². The Kier molecular flexibility index (Phi) is 7.79. The van der Waals surface area contributed by atoms with Gasteiger partial charge in [0.15, 0.2) is 0 Å². The minimum Gasteiger partial charge on any atom is -0.385 e.